The van der Waals surface area contributed by atoms with Gasteiger partial charge in [0.25, 0.3) is 0 Å². The molecule has 0 spiro atoms. The van der Waals surface area contributed by atoms with E-state index in [9.17, 15) is 0 Å². The van der Waals surface area contributed by atoms with Gasteiger partial charge in [-0.15, -0.1) is 0 Å². The summed E-state index contributed by atoms with van der Waals surface area (Å²) in [6, 6.07) is 91.1. The van der Waals surface area contributed by atoms with Gasteiger partial charge in [0.15, 0.2) is 0 Å². The fraction of sp³-hybridized carbons (Fsp3) is 0.0169. The molecule has 1 aliphatic carbocycles. The zero-order valence-corrected chi connectivity index (χ0v) is 33.1. The highest BCUT2D eigenvalue weighted by molar-refractivity contribution is 5.99. The highest BCUT2D eigenvalue weighted by atomic mass is 15.1. The Morgan fingerprint density at radius 1 is 0.283 bits per heavy atom. The van der Waals surface area contributed by atoms with Crippen LogP contribution < -0.4 is 4.90 Å². The van der Waals surface area contributed by atoms with Crippen LogP contribution in [-0.4, -0.2) is 0 Å². The van der Waals surface area contributed by atoms with Crippen LogP contribution in [0.15, 0.2) is 249 Å². The van der Waals surface area contributed by atoms with E-state index in [2.05, 4.69) is 254 Å². The third-order valence-corrected chi connectivity index (χ3v) is 12.4. The summed E-state index contributed by atoms with van der Waals surface area (Å²) < 4.78 is 0. The van der Waals surface area contributed by atoms with Crippen LogP contribution in [0.4, 0.5) is 17.1 Å². The molecule has 0 unspecified atom stereocenters. The molecular weight excluding hydrogens is 723 g/mol. The van der Waals surface area contributed by atoms with Gasteiger partial charge in [-0.1, -0.05) is 212 Å². The van der Waals surface area contributed by atoms with Gasteiger partial charge >= 0.3 is 0 Å². The summed E-state index contributed by atoms with van der Waals surface area (Å²) in [4.78, 5) is 2.46. The summed E-state index contributed by atoms with van der Waals surface area (Å²) in [5.41, 5.74) is 17.5. The SMILES string of the molecule is c1ccc(-c2ccc(-c3cc4c(cc3N(c3ccccc3)c3ccc(-c5cccc6ccccc56)cc3)C(c3ccccc3)(c3ccccc3)c3ccccc3-4)cc2)cc1. The van der Waals surface area contributed by atoms with E-state index in [0.717, 1.165) is 22.6 Å². The highest BCUT2D eigenvalue weighted by Gasteiger charge is 2.46. The van der Waals surface area contributed by atoms with Crippen molar-refractivity contribution >= 4 is 27.8 Å². The first-order valence-electron chi connectivity index (χ1n) is 20.8. The molecule has 0 aromatic heterocycles. The van der Waals surface area contributed by atoms with Crippen LogP contribution in [0, 0.1) is 0 Å². The lowest BCUT2D eigenvalue weighted by atomic mass is 9.67. The molecule has 1 aliphatic rings. The van der Waals surface area contributed by atoms with Crippen molar-refractivity contribution < 1.29 is 0 Å². The van der Waals surface area contributed by atoms with Gasteiger partial charge in [0.05, 0.1) is 11.1 Å². The summed E-state index contributed by atoms with van der Waals surface area (Å²) in [6.45, 7) is 0. The predicted octanol–water partition coefficient (Wildman–Crippen LogP) is 15.7. The van der Waals surface area contributed by atoms with Gasteiger partial charge < -0.3 is 4.90 Å². The molecule has 1 nitrogen and oxygen atoms in total. The summed E-state index contributed by atoms with van der Waals surface area (Å²) in [5, 5.41) is 2.50. The van der Waals surface area contributed by atoms with Gasteiger partial charge in [0.1, 0.15) is 0 Å². The standard InChI is InChI=1S/C59H41N/c1-5-18-42(19-6-1)43-32-34-46(35-33-43)54-40-55-53-29-15-16-31-56(53)59(47-22-7-2-8-23-47,48-24-9-3-10-25-48)57(55)41-58(54)60(49-26-11-4-12-27-49)50-38-36-45(37-39-50)52-30-17-21-44-20-13-14-28-51(44)52/h1-41H. The first-order chi connectivity index (χ1) is 29.8. The Balaban J connectivity index is 1.19. The van der Waals surface area contributed by atoms with Gasteiger partial charge in [-0.2, -0.15) is 0 Å². The van der Waals surface area contributed by atoms with E-state index in [0.29, 0.717) is 0 Å². The Kier molecular flexibility index (Phi) is 8.79. The average Bonchev–Trinajstić information content (AvgIpc) is 3.62. The molecule has 60 heavy (non-hydrogen) atoms. The van der Waals surface area contributed by atoms with Crippen LogP contribution in [-0.2, 0) is 5.41 Å². The van der Waals surface area contributed by atoms with E-state index >= 15 is 0 Å². The maximum absolute atomic E-state index is 2.50. The molecule has 282 valence electrons. The molecule has 1 heteroatoms. The maximum atomic E-state index is 2.50. The van der Waals surface area contributed by atoms with E-state index in [1.54, 1.807) is 0 Å². The smallest absolute Gasteiger partial charge is 0.0714 e. The van der Waals surface area contributed by atoms with E-state index in [4.69, 9.17) is 0 Å². The summed E-state index contributed by atoms with van der Waals surface area (Å²) in [5.74, 6) is 0. The summed E-state index contributed by atoms with van der Waals surface area (Å²) in [7, 11) is 0. The second-order valence-electron chi connectivity index (χ2n) is 15.6. The first kappa shape index (κ1) is 35.4. The van der Waals surface area contributed by atoms with Crippen molar-refractivity contribution in [1.29, 1.82) is 0 Å². The monoisotopic (exact) mass is 763 g/mol. The molecule has 0 heterocycles. The largest absolute Gasteiger partial charge is 0.310 e. The number of hydrogen-bond acceptors (Lipinski definition) is 1. The van der Waals surface area contributed by atoms with Crippen molar-refractivity contribution in [3.05, 3.63) is 271 Å². The predicted molar refractivity (Wildman–Crippen MR) is 252 cm³/mol. The van der Waals surface area contributed by atoms with Crippen molar-refractivity contribution in [2.45, 2.75) is 5.41 Å². The zero-order chi connectivity index (χ0) is 39.9. The van der Waals surface area contributed by atoms with Crippen molar-refractivity contribution in [2.75, 3.05) is 4.90 Å². The van der Waals surface area contributed by atoms with E-state index < -0.39 is 5.41 Å². The van der Waals surface area contributed by atoms with E-state index in [1.807, 2.05) is 0 Å². The molecule has 10 aromatic rings. The number of fused-ring (bicyclic) bond motifs is 4. The van der Waals surface area contributed by atoms with E-state index in [1.165, 1.54) is 72.0 Å². The summed E-state index contributed by atoms with van der Waals surface area (Å²) >= 11 is 0. The molecule has 0 saturated heterocycles. The lowest BCUT2D eigenvalue weighted by molar-refractivity contribution is 0.768. The Bertz CT molecular complexity index is 3050. The van der Waals surface area contributed by atoms with Crippen molar-refractivity contribution in [3.63, 3.8) is 0 Å². The minimum atomic E-state index is -0.542. The molecule has 0 fully saturated rings. The molecule has 0 radical (unpaired) electrons. The molecule has 0 saturated carbocycles. The molecule has 0 aliphatic heterocycles. The Morgan fingerprint density at radius 3 is 1.47 bits per heavy atom. The van der Waals surface area contributed by atoms with Crippen LogP contribution in [0.2, 0.25) is 0 Å². The molecule has 10 aromatic carbocycles. The van der Waals surface area contributed by atoms with Crippen molar-refractivity contribution in [2.24, 2.45) is 0 Å². The molecule has 0 atom stereocenters. The van der Waals surface area contributed by atoms with Crippen LogP contribution >= 0.6 is 0 Å². The number of anilines is 3. The fourth-order valence-corrected chi connectivity index (χ4v) is 9.64. The quantitative estimate of drug-likeness (QED) is 0.149. The summed E-state index contributed by atoms with van der Waals surface area (Å²) in [6.07, 6.45) is 0. The second-order valence-corrected chi connectivity index (χ2v) is 15.6. The molecule has 0 amide bonds. The number of nitrogens with zero attached hydrogens (tertiary/aromatic N) is 1. The molecule has 0 N–H and O–H groups in total. The van der Waals surface area contributed by atoms with Gasteiger partial charge in [-0.05, 0) is 108 Å². The van der Waals surface area contributed by atoms with Crippen molar-refractivity contribution in [3.8, 4) is 44.5 Å². The average molecular weight is 764 g/mol. The first-order valence-corrected chi connectivity index (χ1v) is 20.8. The number of benzene rings is 10. The van der Waals surface area contributed by atoms with Crippen LogP contribution in [0.25, 0.3) is 55.3 Å². The third kappa shape index (κ3) is 5.86. The number of rotatable bonds is 8. The lowest BCUT2D eigenvalue weighted by Crippen LogP contribution is -2.28. The lowest BCUT2D eigenvalue weighted by Gasteiger charge is -2.35. The highest BCUT2D eigenvalue weighted by Crippen LogP contribution is 2.59. The van der Waals surface area contributed by atoms with Crippen molar-refractivity contribution in [1.82, 2.24) is 0 Å². The minimum Gasteiger partial charge on any atom is -0.310 e. The molecular formula is C59H41N. The topological polar surface area (TPSA) is 3.24 Å². The molecule has 11 rings (SSSR count). The number of para-hydroxylation sites is 1. The second kappa shape index (κ2) is 14.9. The zero-order valence-electron chi connectivity index (χ0n) is 33.1. The normalized spacial score (nSPS) is 12.5. The van der Waals surface area contributed by atoms with Crippen LogP contribution in [0.5, 0.6) is 0 Å². The fourth-order valence-electron chi connectivity index (χ4n) is 9.64. The Hall–Kier alpha value is -7.74. The van der Waals surface area contributed by atoms with E-state index in [-0.39, 0.29) is 0 Å². The van der Waals surface area contributed by atoms with Crippen LogP contribution in [0.3, 0.4) is 0 Å². The van der Waals surface area contributed by atoms with Gasteiger partial charge in [-0.25, -0.2) is 0 Å². The maximum Gasteiger partial charge on any atom is 0.0714 e. The van der Waals surface area contributed by atoms with Gasteiger partial charge in [0.2, 0.25) is 0 Å². The number of hydrogen-bond donors (Lipinski definition) is 0. The van der Waals surface area contributed by atoms with Crippen LogP contribution in [0.1, 0.15) is 22.3 Å². The molecule has 0 bridgehead atoms. The Labute approximate surface area is 352 Å². The Morgan fingerprint density at radius 2 is 0.767 bits per heavy atom. The van der Waals surface area contributed by atoms with Gasteiger partial charge in [-0.3, -0.25) is 0 Å². The van der Waals surface area contributed by atoms with Gasteiger partial charge in [0, 0.05) is 16.9 Å². The minimum absolute atomic E-state index is 0.542. The third-order valence-electron chi connectivity index (χ3n) is 12.4.